The van der Waals surface area contributed by atoms with E-state index in [1.165, 1.54) is 0 Å². The summed E-state index contributed by atoms with van der Waals surface area (Å²) in [4.78, 5) is 10.2. The Balaban J connectivity index is 2.49. The SMILES string of the molecule is [2H][C@H]1CCN[C@@H]1C(=O)O. The Hall–Kier alpha value is -0.570. The molecule has 0 aromatic heterocycles. The van der Waals surface area contributed by atoms with Crippen LogP contribution in [0.15, 0.2) is 0 Å². The monoisotopic (exact) mass is 116 g/mol. The number of nitrogens with one attached hydrogen (secondary N) is 1. The van der Waals surface area contributed by atoms with Crippen LogP contribution in [0, 0.1) is 0 Å². The van der Waals surface area contributed by atoms with Crippen LogP contribution in [-0.2, 0) is 4.79 Å². The minimum Gasteiger partial charge on any atom is -0.480 e. The van der Waals surface area contributed by atoms with Gasteiger partial charge in [-0.1, -0.05) is 0 Å². The first kappa shape index (κ1) is 4.32. The zero-order valence-electron chi connectivity index (χ0n) is 5.42. The number of hydrogen-bond acceptors (Lipinski definition) is 2. The summed E-state index contributed by atoms with van der Waals surface area (Å²) in [6.45, 7) is 0.658. The second-order valence-corrected chi connectivity index (χ2v) is 1.79. The maximum absolute atomic E-state index is 10.2. The highest BCUT2D eigenvalue weighted by atomic mass is 16.4. The molecule has 1 fully saturated rings. The first-order valence-electron chi connectivity index (χ1n) is 3.18. The van der Waals surface area contributed by atoms with Crippen molar-refractivity contribution in [2.75, 3.05) is 6.54 Å². The Morgan fingerprint density at radius 3 is 3.00 bits per heavy atom. The van der Waals surface area contributed by atoms with Crippen LogP contribution < -0.4 is 5.32 Å². The summed E-state index contributed by atoms with van der Waals surface area (Å²) in [6.07, 6.45) is 0.194. The highest BCUT2D eigenvalue weighted by Crippen LogP contribution is 2.03. The molecule has 1 saturated heterocycles. The van der Waals surface area contributed by atoms with Gasteiger partial charge in [0.1, 0.15) is 6.04 Å². The number of carbonyl (C=O) groups is 1. The van der Waals surface area contributed by atoms with E-state index in [4.69, 9.17) is 6.48 Å². The summed E-state index contributed by atoms with van der Waals surface area (Å²) in [5.41, 5.74) is 0. The van der Waals surface area contributed by atoms with Gasteiger partial charge in [0, 0.05) is 1.37 Å². The maximum Gasteiger partial charge on any atom is 0.320 e. The third kappa shape index (κ3) is 0.980. The molecule has 3 heteroatoms. The molecule has 0 unspecified atom stereocenters. The molecule has 0 bridgehead atoms. The van der Waals surface area contributed by atoms with Crippen LogP contribution in [0.1, 0.15) is 14.2 Å². The Labute approximate surface area is 49.1 Å². The second-order valence-electron chi connectivity index (χ2n) is 1.79. The van der Waals surface area contributed by atoms with Crippen LogP contribution in [0.4, 0.5) is 0 Å². The van der Waals surface area contributed by atoms with Gasteiger partial charge in [-0.15, -0.1) is 0 Å². The number of carboxylic acids is 1. The van der Waals surface area contributed by atoms with E-state index in [1.807, 2.05) is 0 Å². The van der Waals surface area contributed by atoms with Crippen molar-refractivity contribution in [3.8, 4) is 0 Å². The summed E-state index contributed by atoms with van der Waals surface area (Å²) in [5, 5.41) is 11.1. The predicted molar refractivity (Wildman–Crippen MR) is 28.7 cm³/mol. The van der Waals surface area contributed by atoms with E-state index in [1.54, 1.807) is 0 Å². The number of hydrogen-bond donors (Lipinski definition) is 2. The molecule has 0 amide bonds. The standard InChI is InChI=1S/C5H9NO2/c7-5(8)4-2-1-3-6-4/h4,6H,1-3H2,(H,7,8)/t4-/m0/s1/i2D/t2-,4-. The van der Waals surface area contributed by atoms with Gasteiger partial charge >= 0.3 is 5.97 Å². The fraction of sp³-hybridized carbons (Fsp3) is 0.800. The molecule has 0 saturated carbocycles. The Bertz CT molecular complexity index is 128. The van der Waals surface area contributed by atoms with Crippen LogP contribution in [0.3, 0.4) is 0 Å². The van der Waals surface area contributed by atoms with Gasteiger partial charge in [-0.2, -0.15) is 0 Å². The van der Waals surface area contributed by atoms with Crippen molar-refractivity contribution in [1.29, 1.82) is 0 Å². The van der Waals surface area contributed by atoms with Crippen molar-refractivity contribution < 1.29 is 11.3 Å². The van der Waals surface area contributed by atoms with E-state index in [0.717, 1.165) is 0 Å². The molecule has 1 heterocycles. The maximum atomic E-state index is 10.2. The van der Waals surface area contributed by atoms with Crippen molar-refractivity contribution in [2.24, 2.45) is 0 Å². The lowest BCUT2D eigenvalue weighted by atomic mass is 10.2. The van der Waals surface area contributed by atoms with E-state index < -0.39 is 18.4 Å². The van der Waals surface area contributed by atoms with Crippen LogP contribution in [0.2, 0.25) is 0 Å². The summed E-state index contributed by atoms with van der Waals surface area (Å²) < 4.78 is 7.18. The largest absolute Gasteiger partial charge is 0.480 e. The number of carboxylic acid groups (broad SMARTS) is 1. The molecule has 1 aliphatic heterocycles. The molecule has 0 aliphatic carbocycles. The van der Waals surface area contributed by atoms with Crippen LogP contribution in [0.25, 0.3) is 0 Å². The normalized spacial score (nSPS) is 39.2. The van der Waals surface area contributed by atoms with Crippen LogP contribution >= 0.6 is 0 Å². The minimum absolute atomic E-state index is 0.456. The first-order chi connectivity index (χ1) is 4.22. The topological polar surface area (TPSA) is 49.3 Å². The third-order valence-electron chi connectivity index (χ3n) is 1.18. The average Bonchev–Trinajstić information content (AvgIpc) is 2.13. The lowest BCUT2D eigenvalue weighted by molar-refractivity contribution is -0.139. The Morgan fingerprint density at radius 2 is 2.75 bits per heavy atom. The first-order valence-corrected chi connectivity index (χ1v) is 2.60. The molecular weight excluding hydrogens is 106 g/mol. The fourth-order valence-electron chi connectivity index (χ4n) is 0.760. The summed E-state index contributed by atoms with van der Waals surface area (Å²) in [6, 6.07) is -0.634. The van der Waals surface area contributed by atoms with Crippen molar-refractivity contribution in [2.45, 2.75) is 18.9 Å². The molecule has 0 aromatic carbocycles. The quantitative estimate of drug-likeness (QED) is 0.499. The van der Waals surface area contributed by atoms with E-state index in [9.17, 15) is 4.79 Å². The minimum atomic E-state index is -0.910. The predicted octanol–water partition coefficient (Wildman–Crippen LogP) is -0.177. The van der Waals surface area contributed by atoms with Crippen molar-refractivity contribution in [1.82, 2.24) is 5.32 Å². The molecule has 46 valence electrons. The third-order valence-corrected chi connectivity index (χ3v) is 1.18. The highest BCUT2D eigenvalue weighted by molar-refractivity contribution is 5.73. The molecule has 3 nitrogen and oxygen atoms in total. The van der Waals surface area contributed by atoms with E-state index in [2.05, 4.69) is 5.32 Å². The van der Waals surface area contributed by atoms with Crippen molar-refractivity contribution in [3.63, 3.8) is 0 Å². The van der Waals surface area contributed by atoms with E-state index >= 15 is 0 Å². The lowest BCUT2D eigenvalue weighted by Gasteiger charge is -1.99. The van der Waals surface area contributed by atoms with Gasteiger partial charge in [-0.05, 0) is 19.4 Å². The molecule has 0 spiro atoms. The Kier molecular flexibility index (Phi) is 1.15. The second kappa shape index (κ2) is 2.13. The van der Waals surface area contributed by atoms with E-state index in [0.29, 0.717) is 13.0 Å². The summed E-state index contributed by atoms with van der Waals surface area (Å²) in [5.74, 6) is -0.910. The van der Waals surface area contributed by atoms with Crippen molar-refractivity contribution >= 4 is 5.97 Å². The lowest BCUT2D eigenvalue weighted by Crippen LogP contribution is -2.29. The molecular formula is C5H9NO2. The molecule has 0 aromatic rings. The van der Waals surface area contributed by atoms with Crippen molar-refractivity contribution in [3.05, 3.63) is 0 Å². The molecule has 8 heavy (non-hydrogen) atoms. The van der Waals surface area contributed by atoms with Gasteiger partial charge in [0.25, 0.3) is 0 Å². The zero-order valence-corrected chi connectivity index (χ0v) is 4.42. The van der Waals surface area contributed by atoms with Gasteiger partial charge in [0.15, 0.2) is 0 Å². The van der Waals surface area contributed by atoms with Gasteiger partial charge in [-0.3, -0.25) is 4.79 Å². The summed E-state index contributed by atoms with van der Waals surface area (Å²) >= 11 is 0. The molecule has 1 aliphatic rings. The molecule has 2 N–H and O–H groups in total. The molecule has 0 radical (unpaired) electrons. The fourth-order valence-corrected chi connectivity index (χ4v) is 0.760. The van der Waals surface area contributed by atoms with Gasteiger partial charge < -0.3 is 10.4 Å². The van der Waals surface area contributed by atoms with Gasteiger partial charge in [0.2, 0.25) is 0 Å². The molecule has 2 atom stereocenters. The molecule has 1 rings (SSSR count). The van der Waals surface area contributed by atoms with Crippen LogP contribution in [0.5, 0.6) is 0 Å². The summed E-state index contributed by atoms with van der Waals surface area (Å²) in [7, 11) is 0. The number of aliphatic carboxylic acids is 1. The van der Waals surface area contributed by atoms with Crippen LogP contribution in [-0.4, -0.2) is 23.7 Å². The average molecular weight is 116 g/mol. The zero-order chi connectivity index (χ0) is 6.85. The smallest absolute Gasteiger partial charge is 0.320 e. The van der Waals surface area contributed by atoms with E-state index in [-0.39, 0.29) is 0 Å². The Morgan fingerprint density at radius 1 is 2.00 bits per heavy atom. The van der Waals surface area contributed by atoms with Gasteiger partial charge in [-0.25, -0.2) is 0 Å². The van der Waals surface area contributed by atoms with Gasteiger partial charge in [0.05, 0.1) is 0 Å². The highest BCUT2D eigenvalue weighted by Gasteiger charge is 2.20. The number of rotatable bonds is 1.